The van der Waals surface area contributed by atoms with Crippen LogP contribution in [-0.4, -0.2) is 18.8 Å². The molecule has 1 aromatic carbocycles. The van der Waals surface area contributed by atoms with Crippen molar-refractivity contribution in [1.29, 1.82) is 0 Å². The zero-order valence-corrected chi connectivity index (χ0v) is 6.28. The molecule has 1 rings (SSSR count). The molecule has 2 heteroatoms. The first-order valence-corrected chi connectivity index (χ1v) is 3.23. The van der Waals surface area contributed by atoms with E-state index in [4.69, 9.17) is 0 Å². The summed E-state index contributed by atoms with van der Waals surface area (Å²) < 4.78 is 1.79. The summed E-state index contributed by atoms with van der Waals surface area (Å²) in [6, 6.07) is 9.87. The molecule has 0 bridgehead atoms. The molecule has 1 aromatic rings. The number of nitrogens with zero attached hydrogens (tertiary/aromatic N) is 2. The molecule has 0 fully saturated rings. The van der Waals surface area contributed by atoms with Crippen LogP contribution in [0.15, 0.2) is 35.4 Å². The van der Waals surface area contributed by atoms with Gasteiger partial charge in [-0.2, -0.15) is 0 Å². The standard InChI is InChI=1S/C8H11N2/c1-10(2)9-8-6-4-3-5-7-8/h3-7H,1-2H3/q+1. The lowest BCUT2D eigenvalue weighted by molar-refractivity contribution is -0.532. The lowest BCUT2D eigenvalue weighted by Crippen LogP contribution is -1.88. The first kappa shape index (κ1) is 6.93. The van der Waals surface area contributed by atoms with Crippen LogP contribution in [-0.2, 0) is 0 Å². The van der Waals surface area contributed by atoms with E-state index in [1.807, 2.05) is 44.4 Å². The van der Waals surface area contributed by atoms with E-state index in [-0.39, 0.29) is 0 Å². The van der Waals surface area contributed by atoms with E-state index in [0.717, 1.165) is 5.69 Å². The summed E-state index contributed by atoms with van der Waals surface area (Å²) in [6.07, 6.45) is 0. The topological polar surface area (TPSA) is 15.4 Å². The number of azo groups is 2. The Balaban J connectivity index is 2.87. The van der Waals surface area contributed by atoms with Gasteiger partial charge in [-0.1, -0.05) is 18.2 Å². The molecule has 0 aromatic heterocycles. The highest BCUT2D eigenvalue weighted by molar-refractivity contribution is 5.33. The van der Waals surface area contributed by atoms with Crippen molar-refractivity contribution in [3.63, 3.8) is 0 Å². The van der Waals surface area contributed by atoms with Crippen LogP contribution in [0, 0.1) is 0 Å². The van der Waals surface area contributed by atoms with Gasteiger partial charge in [0.15, 0.2) is 14.1 Å². The van der Waals surface area contributed by atoms with Gasteiger partial charge in [-0.15, -0.1) is 4.70 Å². The van der Waals surface area contributed by atoms with Gasteiger partial charge in [0, 0.05) is 0 Å². The fourth-order valence-electron chi connectivity index (χ4n) is 0.726. The second kappa shape index (κ2) is 3.11. The molecule has 10 heavy (non-hydrogen) atoms. The van der Waals surface area contributed by atoms with Crippen LogP contribution < -0.4 is 0 Å². The second-order valence-electron chi connectivity index (χ2n) is 2.28. The Morgan fingerprint density at radius 2 is 1.70 bits per heavy atom. The quantitative estimate of drug-likeness (QED) is 0.413. The Morgan fingerprint density at radius 1 is 1.10 bits per heavy atom. The van der Waals surface area contributed by atoms with Crippen molar-refractivity contribution in [2.75, 3.05) is 14.1 Å². The second-order valence-corrected chi connectivity index (χ2v) is 2.28. The van der Waals surface area contributed by atoms with Crippen LogP contribution in [0.5, 0.6) is 0 Å². The molecule has 0 N–H and O–H groups in total. The van der Waals surface area contributed by atoms with Gasteiger partial charge >= 0.3 is 0 Å². The third kappa shape index (κ3) is 1.97. The molecule has 52 valence electrons. The van der Waals surface area contributed by atoms with E-state index < -0.39 is 0 Å². The maximum atomic E-state index is 4.19. The molecule has 0 saturated carbocycles. The van der Waals surface area contributed by atoms with Crippen LogP contribution in [0.4, 0.5) is 5.69 Å². The fraction of sp³-hybridized carbons (Fsp3) is 0.250. The van der Waals surface area contributed by atoms with Crippen molar-refractivity contribution >= 4 is 5.69 Å². The van der Waals surface area contributed by atoms with Crippen LogP contribution in [0.25, 0.3) is 0 Å². The molecule has 0 atom stereocenters. The smallest absolute Gasteiger partial charge is 0.128 e. The van der Waals surface area contributed by atoms with Crippen molar-refractivity contribution in [1.82, 2.24) is 0 Å². The summed E-state index contributed by atoms with van der Waals surface area (Å²) >= 11 is 0. The molecule has 2 nitrogen and oxygen atoms in total. The molecule has 0 saturated heterocycles. The molecule has 0 aliphatic rings. The van der Waals surface area contributed by atoms with Crippen molar-refractivity contribution in [3.8, 4) is 0 Å². The van der Waals surface area contributed by atoms with Crippen molar-refractivity contribution in [2.24, 2.45) is 5.11 Å². The van der Waals surface area contributed by atoms with Gasteiger partial charge in [0.05, 0.1) is 0 Å². The highest BCUT2D eigenvalue weighted by Gasteiger charge is 1.88. The molecule has 0 spiro atoms. The molecule has 0 amide bonds. The van der Waals surface area contributed by atoms with E-state index in [9.17, 15) is 0 Å². The van der Waals surface area contributed by atoms with Crippen LogP contribution >= 0.6 is 0 Å². The van der Waals surface area contributed by atoms with Gasteiger partial charge in [-0.3, -0.25) is 0 Å². The Labute approximate surface area is 60.8 Å². The van der Waals surface area contributed by atoms with E-state index in [1.165, 1.54) is 0 Å². The SMILES string of the molecule is C[N+](C)=Nc1ccccc1. The average molecular weight is 135 g/mol. The monoisotopic (exact) mass is 135 g/mol. The predicted molar refractivity (Wildman–Crippen MR) is 40.6 cm³/mol. The normalized spacial score (nSPS) is 9.00. The molecular formula is C8H11N2+. The fourth-order valence-corrected chi connectivity index (χ4v) is 0.726. The zero-order chi connectivity index (χ0) is 7.40. The van der Waals surface area contributed by atoms with Gasteiger partial charge in [0.25, 0.3) is 0 Å². The summed E-state index contributed by atoms with van der Waals surface area (Å²) in [5.74, 6) is 0. The number of hydrogen-bond donors (Lipinski definition) is 0. The lowest BCUT2D eigenvalue weighted by Gasteiger charge is -1.85. The predicted octanol–water partition coefficient (Wildman–Crippen LogP) is 2.04. The molecule has 0 aliphatic carbocycles. The maximum Gasteiger partial charge on any atom is 0.158 e. The maximum absolute atomic E-state index is 4.19. The number of hydrogen-bond acceptors (Lipinski definition) is 1. The first-order valence-electron chi connectivity index (χ1n) is 3.23. The van der Waals surface area contributed by atoms with E-state index in [2.05, 4.69) is 5.11 Å². The Bertz CT molecular complexity index is 222. The highest BCUT2D eigenvalue weighted by Crippen LogP contribution is 2.08. The lowest BCUT2D eigenvalue weighted by atomic mass is 10.3. The van der Waals surface area contributed by atoms with Crippen LogP contribution in [0.3, 0.4) is 0 Å². The van der Waals surface area contributed by atoms with Crippen LogP contribution in [0.2, 0.25) is 0 Å². The first-order chi connectivity index (χ1) is 4.79. The average Bonchev–Trinajstić information content (AvgIpc) is 1.88. The van der Waals surface area contributed by atoms with E-state index >= 15 is 0 Å². The minimum absolute atomic E-state index is 0.993. The summed E-state index contributed by atoms with van der Waals surface area (Å²) in [5, 5.41) is 4.19. The third-order valence-corrected chi connectivity index (χ3v) is 1.07. The van der Waals surface area contributed by atoms with Crippen molar-refractivity contribution < 1.29 is 4.70 Å². The summed E-state index contributed by atoms with van der Waals surface area (Å²) in [7, 11) is 3.82. The number of rotatable bonds is 1. The van der Waals surface area contributed by atoms with Gasteiger partial charge in [0.1, 0.15) is 5.69 Å². The van der Waals surface area contributed by atoms with Crippen molar-refractivity contribution in [2.45, 2.75) is 0 Å². The highest BCUT2D eigenvalue weighted by atomic mass is 15.2. The molecule has 0 unspecified atom stereocenters. The molecule has 0 aliphatic heterocycles. The van der Waals surface area contributed by atoms with Crippen molar-refractivity contribution in [3.05, 3.63) is 30.3 Å². The number of benzene rings is 1. The molecule has 0 heterocycles. The van der Waals surface area contributed by atoms with Gasteiger partial charge < -0.3 is 0 Å². The molecular weight excluding hydrogens is 124 g/mol. The summed E-state index contributed by atoms with van der Waals surface area (Å²) in [4.78, 5) is 0. The van der Waals surface area contributed by atoms with Gasteiger partial charge in [0.2, 0.25) is 0 Å². The minimum atomic E-state index is 0.993. The Kier molecular flexibility index (Phi) is 2.15. The zero-order valence-electron chi connectivity index (χ0n) is 6.28. The Hall–Kier alpha value is -1.18. The van der Waals surface area contributed by atoms with Gasteiger partial charge in [-0.05, 0) is 17.2 Å². The summed E-state index contributed by atoms with van der Waals surface area (Å²) in [6.45, 7) is 0. The van der Waals surface area contributed by atoms with Crippen LogP contribution in [0.1, 0.15) is 0 Å². The van der Waals surface area contributed by atoms with E-state index in [0.29, 0.717) is 0 Å². The summed E-state index contributed by atoms with van der Waals surface area (Å²) in [5.41, 5.74) is 0.993. The largest absolute Gasteiger partial charge is 0.158 e. The molecule has 0 radical (unpaired) electrons. The third-order valence-electron chi connectivity index (χ3n) is 1.07. The van der Waals surface area contributed by atoms with Gasteiger partial charge in [-0.25, -0.2) is 0 Å². The minimum Gasteiger partial charge on any atom is -0.128 e. The van der Waals surface area contributed by atoms with E-state index in [1.54, 1.807) is 4.70 Å². The Morgan fingerprint density at radius 3 is 2.20 bits per heavy atom.